The van der Waals surface area contributed by atoms with Crippen molar-refractivity contribution in [2.45, 2.75) is 0 Å². The first-order valence-corrected chi connectivity index (χ1v) is 3.29. The van der Waals surface area contributed by atoms with Crippen LogP contribution in [0.2, 0.25) is 0 Å². The van der Waals surface area contributed by atoms with Gasteiger partial charge in [-0.2, -0.15) is 0 Å². The van der Waals surface area contributed by atoms with Gasteiger partial charge in [0.1, 0.15) is 0 Å². The van der Waals surface area contributed by atoms with Gasteiger partial charge in [-0.05, 0) is 6.07 Å². The van der Waals surface area contributed by atoms with Crippen molar-refractivity contribution in [3.8, 4) is 0 Å². The van der Waals surface area contributed by atoms with Gasteiger partial charge in [0.2, 0.25) is 0 Å². The molecule has 0 saturated heterocycles. The maximum absolute atomic E-state index is 10.4. The topological polar surface area (TPSA) is 128 Å². The molecule has 0 aliphatic heterocycles. The van der Waals surface area contributed by atoms with E-state index in [0.29, 0.717) is 0 Å². The molecule has 1 rings (SSSR count). The Hall–Kier alpha value is -2.49. The Morgan fingerprint density at radius 3 is 2.43 bits per heavy atom. The summed E-state index contributed by atoms with van der Waals surface area (Å²) >= 11 is 0. The zero-order valence-electron chi connectivity index (χ0n) is 6.82. The SMILES string of the molecule is N#N.O=C(O)c1cccc([N+](=O)[O-])c1. The monoisotopic (exact) mass is 195 g/mol. The van der Waals surface area contributed by atoms with E-state index in [2.05, 4.69) is 0 Å². The highest BCUT2D eigenvalue weighted by Gasteiger charge is 2.08. The molecular formula is C7H5N3O4. The molecule has 1 aromatic carbocycles. The molecule has 14 heavy (non-hydrogen) atoms. The largest absolute Gasteiger partial charge is 0.478 e. The third kappa shape index (κ3) is 2.86. The minimum absolute atomic E-state index is 0.0794. The van der Waals surface area contributed by atoms with Gasteiger partial charge in [0.25, 0.3) is 5.69 Å². The summed E-state index contributed by atoms with van der Waals surface area (Å²) in [5, 5.41) is 30.7. The normalized spacial score (nSPS) is 8.14. The van der Waals surface area contributed by atoms with Gasteiger partial charge in [-0.1, -0.05) is 6.07 Å². The molecule has 72 valence electrons. The van der Waals surface area contributed by atoms with Crippen LogP contribution in [0.1, 0.15) is 10.4 Å². The Labute approximate surface area is 78.2 Å². The first-order valence-electron chi connectivity index (χ1n) is 3.29. The van der Waals surface area contributed by atoms with Crippen LogP contribution >= 0.6 is 0 Å². The third-order valence-electron chi connectivity index (χ3n) is 1.30. The molecule has 0 amide bonds. The Morgan fingerprint density at radius 2 is 2.00 bits per heavy atom. The van der Waals surface area contributed by atoms with E-state index >= 15 is 0 Å². The molecule has 0 spiro atoms. The molecule has 0 atom stereocenters. The van der Waals surface area contributed by atoms with Crippen LogP contribution in [0.3, 0.4) is 0 Å². The number of aromatic carboxylic acids is 1. The van der Waals surface area contributed by atoms with Crippen LogP contribution in [0, 0.1) is 20.9 Å². The summed E-state index contributed by atoms with van der Waals surface area (Å²) in [7, 11) is 0. The Morgan fingerprint density at radius 1 is 1.43 bits per heavy atom. The fourth-order valence-electron chi connectivity index (χ4n) is 0.753. The van der Waals surface area contributed by atoms with Crippen molar-refractivity contribution < 1.29 is 14.8 Å². The second-order valence-electron chi connectivity index (χ2n) is 2.11. The van der Waals surface area contributed by atoms with Gasteiger partial charge in [0.05, 0.1) is 10.5 Å². The van der Waals surface area contributed by atoms with E-state index in [1.807, 2.05) is 0 Å². The van der Waals surface area contributed by atoms with Gasteiger partial charge in [-0.15, -0.1) is 0 Å². The third-order valence-corrected chi connectivity index (χ3v) is 1.30. The van der Waals surface area contributed by atoms with Crippen LogP contribution in [-0.2, 0) is 0 Å². The van der Waals surface area contributed by atoms with E-state index in [1.54, 1.807) is 0 Å². The molecule has 0 fully saturated rings. The summed E-state index contributed by atoms with van der Waals surface area (Å²) in [5.41, 5.74) is -0.292. The molecule has 1 aromatic rings. The van der Waals surface area contributed by atoms with Crippen LogP contribution in [0.4, 0.5) is 5.69 Å². The van der Waals surface area contributed by atoms with Gasteiger partial charge in [-0.25, -0.2) is 4.79 Å². The summed E-state index contributed by atoms with van der Waals surface area (Å²) in [6.07, 6.45) is 0. The molecule has 0 unspecified atom stereocenters. The summed E-state index contributed by atoms with van der Waals surface area (Å²) in [6, 6.07) is 4.89. The van der Waals surface area contributed by atoms with Crippen LogP contribution in [0.15, 0.2) is 24.3 Å². The second-order valence-corrected chi connectivity index (χ2v) is 2.11. The van der Waals surface area contributed by atoms with Crippen LogP contribution < -0.4 is 0 Å². The maximum atomic E-state index is 10.4. The van der Waals surface area contributed by atoms with Crippen molar-refractivity contribution in [1.29, 1.82) is 10.8 Å². The lowest BCUT2D eigenvalue weighted by atomic mass is 10.2. The number of carboxylic acid groups (broad SMARTS) is 1. The number of nitrogens with zero attached hydrogens (tertiary/aromatic N) is 3. The van der Waals surface area contributed by atoms with Gasteiger partial charge >= 0.3 is 5.97 Å². The van der Waals surface area contributed by atoms with Crippen molar-refractivity contribution >= 4 is 11.7 Å². The van der Waals surface area contributed by atoms with Gasteiger partial charge in [0.15, 0.2) is 0 Å². The highest BCUT2D eigenvalue weighted by Crippen LogP contribution is 2.12. The zero-order valence-corrected chi connectivity index (χ0v) is 6.82. The minimum atomic E-state index is -1.17. The van der Waals surface area contributed by atoms with Crippen LogP contribution in [-0.4, -0.2) is 16.0 Å². The highest BCUT2D eigenvalue weighted by molar-refractivity contribution is 5.88. The average Bonchev–Trinajstić information content (AvgIpc) is 2.21. The molecule has 0 aromatic heterocycles. The number of hydrogen-bond donors (Lipinski definition) is 1. The zero-order chi connectivity index (χ0) is 11.1. The maximum Gasteiger partial charge on any atom is 0.335 e. The Balaban J connectivity index is 0.000000791. The smallest absolute Gasteiger partial charge is 0.335 e. The highest BCUT2D eigenvalue weighted by atomic mass is 16.6. The average molecular weight is 195 g/mol. The Kier molecular flexibility index (Phi) is 4.28. The quantitative estimate of drug-likeness (QED) is 0.430. The molecule has 7 nitrogen and oxygen atoms in total. The van der Waals surface area contributed by atoms with E-state index < -0.39 is 10.9 Å². The lowest BCUT2D eigenvalue weighted by Gasteiger charge is -1.92. The van der Waals surface area contributed by atoms with E-state index in [9.17, 15) is 14.9 Å². The molecule has 7 heteroatoms. The van der Waals surface area contributed by atoms with Crippen LogP contribution in [0.25, 0.3) is 0 Å². The van der Waals surface area contributed by atoms with Crippen molar-refractivity contribution in [3.63, 3.8) is 0 Å². The van der Waals surface area contributed by atoms with E-state index in [0.717, 1.165) is 6.07 Å². The predicted octanol–water partition coefficient (Wildman–Crippen LogP) is 1.32. The standard InChI is InChI=1S/C7H5NO4.N2/c9-7(10)5-2-1-3-6(4-5)8(11)12;1-2/h1-4H,(H,9,10);. The number of nitro groups is 1. The summed E-state index contributed by atoms with van der Waals surface area (Å²) in [6.45, 7) is 0. The van der Waals surface area contributed by atoms with Crippen molar-refractivity contribution in [2.75, 3.05) is 0 Å². The first-order chi connectivity index (χ1) is 6.61. The summed E-state index contributed by atoms with van der Waals surface area (Å²) < 4.78 is 0. The first kappa shape index (κ1) is 11.5. The summed E-state index contributed by atoms with van der Waals surface area (Å²) in [5.74, 6) is -1.17. The van der Waals surface area contributed by atoms with Crippen molar-refractivity contribution in [2.24, 2.45) is 0 Å². The molecule has 0 heterocycles. The van der Waals surface area contributed by atoms with Crippen molar-refractivity contribution in [1.82, 2.24) is 0 Å². The predicted molar refractivity (Wildman–Crippen MR) is 43.5 cm³/mol. The fourth-order valence-corrected chi connectivity index (χ4v) is 0.753. The number of non-ortho nitro benzene ring substituents is 1. The second kappa shape index (κ2) is 5.21. The number of benzene rings is 1. The molecule has 0 saturated carbocycles. The number of nitro benzene ring substituents is 1. The van der Waals surface area contributed by atoms with Crippen LogP contribution in [0.5, 0.6) is 0 Å². The van der Waals surface area contributed by atoms with Gasteiger partial charge in [-0.3, -0.25) is 10.1 Å². The number of hydrogen-bond acceptors (Lipinski definition) is 5. The lowest BCUT2D eigenvalue weighted by molar-refractivity contribution is -0.384. The van der Waals surface area contributed by atoms with E-state index in [1.165, 1.54) is 18.2 Å². The molecule has 0 aliphatic carbocycles. The van der Waals surface area contributed by atoms with Gasteiger partial charge in [0, 0.05) is 22.9 Å². The Bertz CT molecular complexity index is 345. The van der Waals surface area contributed by atoms with E-state index in [4.69, 9.17) is 15.9 Å². The molecule has 0 aliphatic rings. The van der Waals surface area contributed by atoms with E-state index in [-0.39, 0.29) is 11.3 Å². The molecule has 1 N–H and O–H groups in total. The fraction of sp³-hybridized carbons (Fsp3) is 0. The minimum Gasteiger partial charge on any atom is -0.478 e. The van der Waals surface area contributed by atoms with Crippen molar-refractivity contribution in [3.05, 3.63) is 39.9 Å². The molecule has 0 radical (unpaired) electrons. The molecule has 0 bridgehead atoms. The van der Waals surface area contributed by atoms with Gasteiger partial charge < -0.3 is 5.11 Å². The molecular weight excluding hydrogens is 190 g/mol. The number of carbonyl (C=O) groups is 1. The summed E-state index contributed by atoms with van der Waals surface area (Å²) in [4.78, 5) is 19.9. The number of carboxylic acids is 1. The lowest BCUT2D eigenvalue weighted by Crippen LogP contribution is -1.97. The number of rotatable bonds is 2.